The van der Waals surface area contributed by atoms with Gasteiger partial charge in [0, 0.05) is 18.0 Å². The lowest BCUT2D eigenvalue weighted by Gasteiger charge is -2.13. The van der Waals surface area contributed by atoms with Crippen LogP contribution in [0.5, 0.6) is 0 Å². The van der Waals surface area contributed by atoms with Gasteiger partial charge in [-0.05, 0) is 23.8 Å². The standard InChI is InChI=1S/C11H11ClF3NO/c12-10-2-1-8(11(13,14)15)3-7(10)4-9-5-16-6-17-9/h1-3,9,16H,4-6H2. The van der Waals surface area contributed by atoms with Gasteiger partial charge >= 0.3 is 6.18 Å². The van der Waals surface area contributed by atoms with Crippen LogP contribution in [0.3, 0.4) is 0 Å². The van der Waals surface area contributed by atoms with Gasteiger partial charge in [0.25, 0.3) is 0 Å². The van der Waals surface area contributed by atoms with Crippen molar-refractivity contribution < 1.29 is 17.9 Å². The first-order chi connectivity index (χ1) is 7.97. The highest BCUT2D eigenvalue weighted by Gasteiger charge is 2.31. The van der Waals surface area contributed by atoms with Gasteiger partial charge in [0.2, 0.25) is 0 Å². The monoisotopic (exact) mass is 265 g/mol. The topological polar surface area (TPSA) is 21.3 Å². The molecule has 0 radical (unpaired) electrons. The molecule has 1 N–H and O–H groups in total. The van der Waals surface area contributed by atoms with E-state index in [0.717, 1.165) is 12.1 Å². The van der Waals surface area contributed by atoms with Crippen molar-refractivity contribution in [3.05, 3.63) is 34.3 Å². The molecule has 0 amide bonds. The Morgan fingerprint density at radius 3 is 2.76 bits per heavy atom. The van der Waals surface area contributed by atoms with Crippen LogP contribution in [0.4, 0.5) is 13.2 Å². The Labute approximate surface area is 102 Å². The SMILES string of the molecule is FC(F)(F)c1ccc(Cl)c(CC2CNCO2)c1. The highest BCUT2D eigenvalue weighted by molar-refractivity contribution is 6.31. The van der Waals surface area contributed by atoms with Gasteiger partial charge in [0.15, 0.2) is 0 Å². The Morgan fingerprint density at radius 1 is 1.41 bits per heavy atom. The van der Waals surface area contributed by atoms with E-state index < -0.39 is 11.7 Å². The molecule has 1 fully saturated rings. The highest BCUT2D eigenvalue weighted by Crippen LogP contribution is 2.32. The van der Waals surface area contributed by atoms with Crippen molar-refractivity contribution >= 4 is 11.6 Å². The molecule has 2 rings (SSSR count). The first-order valence-corrected chi connectivity index (χ1v) is 5.52. The molecule has 0 bridgehead atoms. The zero-order chi connectivity index (χ0) is 12.5. The summed E-state index contributed by atoms with van der Waals surface area (Å²) in [5, 5.41) is 3.31. The summed E-state index contributed by atoms with van der Waals surface area (Å²) in [6.07, 6.45) is -4.07. The average Bonchev–Trinajstić information content (AvgIpc) is 2.72. The molecule has 0 aromatic heterocycles. The summed E-state index contributed by atoms with van der Waals surface area (Å²) in [6.45, 7) is 1.06. The van der Waals surface area contributed by atoms with Gasteiger partial charge in [-0.2, -0.15) is 13.2 Å². The van der Waals surface area contributed by atoms with Crippen LogP contribution in [0.2, 0.25) is 5.02 Å². The molecule has 6 heteroatoms. The van der Waals surface area contributed by atoms with E-state index >= 15 is 0 Å². The Balaban J connectivity index is 2.20. The van der Waals surface area contributed by atoms with Crippen LogP contribution < -0.4 is 5.32 Å². The van der Waals surface area contributed by atoms with E-state index in [1.165, 1.54) is 6.07 Å². The van der Waals surface area contributed by atoms with Crippen molar-refractivity contribution in [2.24, 2.45) is 0 Å². The van der Waals surface area contributed by atoms with Crippen molar-refractivity contribution in [1.82, 2.24) is 5.32 Å². The molecule has 1 atom stereocenters. The number of alkyl halides is 3. The lowest BCUT2D eigenvalue weighted by molar-refractivity contribution is -0.137. The molecule has 0 aliphatic carbocycles. The van der Waals surface area contributed by atoms with E-state index in [1.54, 1.807) is 0 Å². The Hall–Kier alpha value is -0.780. The van der Waals surface area contributed by atoms with Gasteiger partial charge in [-0.15, -0.1) is 0 Å². The smallest absolute Gasteiger partial charge is 0.361 e. The number of benzene rings is 1. The third-order valence-electron chi connectivity index (χ3n) is 2.61. The highest BCUT2D eigenvalue weighted by atomic mass is 35.5. The van der Waals surface area contributed by atoms with E-state index in [4.69, 9.17) is 16.3 Å². The summed E-state index contributed by atoms with van der Waals surface area (Å²) in [5.41, 5.74) is -0.210. The fraction of sp³-hybridized carbons (Fsp3) is 0.455. The number of hydrogen-bond acceptors (Lipinski definition) is 2. The molecule has 2 nitrogen and oxygen atoms in total. The lowest BCUT2D eigenvalue weighted by atomic mass is 10.0. The minimum absolute atomic E-state index is 0.115. The van der Waals surface area contributed by atoms with E-state index in [1.807, 2.05) is 0 Å². The van der Waals surface area contributed by atoms with E-state index in [0.29, 0.717) is 30.3 Å². The summed E-state index contributed by atoms with van der Waals surface area (Å²) in [4.78, 5) is 0. The molecule has 1 aliphatic rings. The fourth-order valence-corrected chi connectivity index (χ4v) is 1.93. The van der Waals surface area contributed by atoms with Crippen LogP contribution in [0, 0.1) is 0 Å². The molecular formula is C11H11ClF3NO. The second-order valence-corrected chi connectivity index (χ2v) is 4.30. The second kappa shape index (κ2) is 4.84. The number of ether oxygens (including phenoxy) is 1. The van der Waals surface area contributed by atoms with Crippen LogP contribution in [0.15, 0.2) is 18.2 Å². The van der Waals surface area contributed by atoms with Crippen LogP contribution in [-0.4, -0.2) is 19.4 Å². The molecule has 1 aliphatic heterocycles. The van der Waals surface area contributed by atoms with Gasteiger partial charge in [-0.25, -0.2) is 0 Å². The third kappa shape index (κ3) is 3.12. The van der Waals surface area contributed by atoms with Gasteiger partial charge in [-0.1, -0.05) is 11.6 Å². The number of halogens is 4. The third-order valence-corrected chi connectivity index (χ3v) is 2.98. The molecular weight excluding hydrogens is 255 g/mol. The summed E-state index contributed by atoms with van der Waals surface area (Å²) in [7, 11) is 0. The van der Waals surface area contributed by atoms with Gasteiger partial charge in [0.1, 0.15) is 0 Å². The maximum Gasteiger partial charge on any atom is 0.416 e. The lowest BCUT2D eigenvalue weighted by Crippen LogP contribution is -2.17. The minimum Gasteiger partial charge on any atom is -0.361 e. The molecule has 94 valence electrons. The largest absolute Gasteiger partial charge is 0.416 e. The van der Waals surface area contributed by atoms with Crippen molar-refractivity contribution in [2.75, 3.05) is 13.3 Å². The Bertz CT molecular complexity index is 402. The van der Waals surface area contributed by atoms with E-state index in [9.17, 15) is 13.2 Å². The summed E-state index contributed by atoms with van der Waals surface area (Å²) >= 11 is 5.88. The molecule has 1 aromatic rings. The molecule has 0 saturated carbocycles. The van der Waals surface area contributed by atoms with Crippen molar-refractivity contribution in [1.29, 1.82) is 0 Å². The van der Waals surface area contributed by atoms with Crippen molar-refractivity contribution in [2.45, 2.75) is 18.7 Å². The van der Waals surface area contributed by atoms with Gasteiger partial charge in [-0.3, -0.25) is 5.32 Å². The van der Waals surface area contributed by atoms with E-state index in [-0.39, 0.29) is 6.10 Å². The second-order valence-electron chi connectivity index (χ2n) is 3.90. The molecule has 17 heavy (non-hydrogen) atoms. The normalized spacial score (nSPS) is 20.8. The minimum atomic E-state index is -4.34. The maximum absolute atomic E-state index is 12.5. The summed E-state index contributed by atoms with van der Waals surface area (Å²) < 4.78 is 42.9. The predicted octanol–water partition coefficient (Wildman–Crippen LogP) is 2.85. The number of nitrogens with one attached hydrogen (secondary N) is 1. The van der Waals surface area contributed by atoms with Crippen molar-refractivity contribution in [3.63, 3.8) is 0 Å². The zero-order valence-corrected chi connectivity index (χ0v) is 9.61. The molecule has 1 heterocycles. The quantitative estimate of drug-likeness (QED) is 0.888. The van der Waals surface area contributed by atoms with E-state index in [2.05, 4.69) is 5.32 Å². The van der Waals surface area contributed by atoms with Crippen LogP contribution in [0.25, 0.3) is 0 Å². The first-order valence-electron chi connectivity index (χ1n) is 5.15. The number of rotatable bonds is 2. The first kappa shape index (κ1) is 12.7. The van der Waals surface area contributed by atoms with Crippen LogP contribution >= 0.6 is 11.6 Å². The van der Waals surface area contributed by atoms with Gasteiger partial charge in [0.05, 0.1) is 18.4 Å². The molecule has 1 unspecified atom stereocenters. The summed E-state index contributed by atoms with van der Waals surface area (Å²) in [5.74, 6) is 0. The summed E-state index contributed by atoms with van der Waals surface area (Å²) in [6, 6.07) is 3.35. The van der Waals surface area contributed by atoms with Crippen LogP contribution in [-0.2, 0) is 17.3 Å². The fourth-order valence-electron chi connectivity index (χ4n) is 1.74. The molecule has 0 spiro atoms. The van der Waals surface area contributed by atoms with Crippen molar-refractivity contribution in [3.8, 4) is 0 Å². The van der Waals surface area contributed by atoms with Crippen LogP contribution in [0.1, 0.15) is 11.1 Å². The van der Waals surface area contributed by atoms with Gasteiger partial charge < -0.3 is 4.74 Å². The molecule has 1 saturated heterocycles. The zero-order valence-electron chi connectivity index (χ0n) is 8.85. The Kier molecular flexibility index (Phi) is 3.61. The maximum atomic E-state index is 12.5. The number of hydrogen-bond donors (Lipinski definition) is 1. The Morgan fingerprint density at radius 2 is 2.18 bits per heavy atom. The average molecular weight is 266 g/mol. The molecule has 1 aromatic carbocycles. The predicted molar refractivity (Wildman–Crippen MR) is 57.9 cm³/mol.